The summed E-state index contributed by atoms with van der Waals surface area (Å²) in [6.45, 7) is 2.53. The minimum atomic E-state index is -0.372. The first-order chi connectivity index (χ1) is 9.70. The Hall–Kier alpha value is -2.28. The molecule has 2 aromatic rings. The van der Waals surface area contributed by atoms with E-state index in [-0.39, 0.29) is 21.8 Å². The number of nitrogens with one attached hydrogen (secondary N) is 2. The zero-order valence-electron chi connectivity index (χ0n) is 10.9. The summed E-state index contributed by atoms with van der Waals surface area (Å²) in [7, 11) is 0. The SMILES string of the molecule is CCCNC(=O)c1nnc(C(=O)Nc2ccccc2)s1. The molecule has 0 atom stereocenters. The lowest BCUT2D eigenvalue weighted by Gasteiger charge is -2.00. The van der Waals surface area contributed by atoms with Crippen LogP contribution in [-0.4, -0.2) is 28.6 Å². The standard InChI is InChI=1S/C13H14N4O2S/c1-2-8-14-10(18)12-16-17-13(20-12)11(19)15-9-6-4-3-5-7-9/h3-7H,2,8H2,1H3,(H,14,18)(H,15,19). The van der Waals surface area contributed by atoms with Crippen molar-refractivity contribution in [3.8, 4) is 0 Å². The van der Waals surface area contributed by atoms with Gasteiger partial charge in [-0.3, -0.25) is 9.59 Å². The van der Waals surface area contributed by atoms with Crippen LogP contribution in [0.4, 0.5) is 5.69 Å². The Bertz CT molecular complexity index is 597. The van der Waals surface area contributed by atoms with E-state index in [1.54, 1.807) is 12.1 Å². The number of rotatable bonds is 5. The van der Waals surface area contributed by atoms with E-state index in [0.717, 1.165) is 17.8 Å². The molecule has 0 spiro atoms. The topological polar surface area (TPSA) is 84.0 Å². The van der Waals surface area contributed by atoms with Crippen molar-refractivity contribution in [2.75, 3.05) is 11.9 Å². The number of anilines is 1. The maximum atomic E-state index is 11.9. The number of nitrogens with zero attached hydrogens (tertiary/aromatic N) is 2. The zero-order chi connectivity index (χ0) is 14.4. The van der Waals surface area contributed by atoms with Gasteiger partial charge in [-0.15, -0.1) is 10.2 Å². The Morgan fingerprint density at radius 2 is 1.75 bits per heavy atom. The third-order valence-electron chi connectivity index (χ3n) is 2.38. The van der Waals surface area contributed by atoms with E-state index in [4.69, 9.17) is 0 Å². The van der Waals surface area contributed by atoms with Gasteiger partial charge in [0.2, 0.25) is 10.0 Å². The Morgan fingerprint density at radius 1 is 1.10 bits per heavy atom. The number of carbonyl (C=O) groups is 2. The fourth-order valence-electron chi connectivity index (χ4n) is 1.43. The van der Waals surface area contributed by atoms with Crippen molar-refractivity contribution < 1.29 is 9.59 Å². The molecule has 6 nitrogen and oxygen atoms in total. The van der Waals surface area contributed by atoms with E-state index in [2.05, 4.69) is 20.8 Å². The van der Waals surface area contributed by atoms with Gasteiger partial charge in [0.15, 0.2) is 0 Å². The predicted octanol–water partition coefficient (Wildman–Crippen LogP) is 1.93. The molecule has 7 heteroatoms. The van der Waals surface area contributed by atoms with Crippen molar-refractivity contribution in [2.45, 2.75) is 13.3 Å². The van der Waals surface area contributed by atoms with Gasteiger partial charge in [0.25, 0.3) is 11.8 Å². The minimum Gasteiger partial charge on any atom is -0.350 e. The summed E-state index contributed by atoms with van der Waals surface area (Å²) in [6, 6.07) is 9.04. The molecule has 0 aliphatic carbocycles. The lowest BCUT2D eigenvalue weighted by Crippen LogP contribution is -2.23. The van der Waals surface area contributed by atoms with Crippen LogP contribution in [0.25, 0.3) is 0 Å². The molecule has 20 heavy (non-hydrogen) atoms. The minimum absolute atomic E-state index is 0.163. The number of para-hydroxylation sites is 1. The van der Waals surface area contributed by atoms with Gasteiger partial charge in [-0.05, 0) is 18.6 Å². The Morgan fingerprint density at radius 3 is 2.40 bits per heavy atom. The average Bonchev–Trinajstić information content (AvgIpc) is 2.96. The van der Waals surface area contributed by atoms with Gasteiger partial charge in [0.05, 0.1) is 0 Å². The molecule has 0 bridgehead atoms. The van der Waals surface area contributed by atoms with E-state index >= 15 is 0 Å². The molecule has 1 aromatic heterocycles. The summed E-state index contributed by atoms with van der Waals surface area (Å²) >= 11 is 0.972. The van der Waals surface area contributed by atoms with Crippen LogP contribution in [0.15, 0.2) is 30.3 Å². The monoisotopic (exact) mass is 290 g/mol. The van der Waals surface area contributed by atoms with Gasteiger partial charge >= 0.3 is 0 Å². The fourth-order valence-corrected chi connectivity index (χ4v) is 2.08. The molecular weight excluding hydrogens is 276 g/mol. The van der Waals surface area contributed by atoms with Crippen LogP contribution in [0.3, 0.4) is 0 Å². The number of hydrogen-bond acceptors (Lipinski definition) is 5. The first-order valence-electron chi connectivity index (χ1n) is 6.19. The maximum Gasteiger partial charge on any atom is 0.286 e. The molecule has 0 saturated heterocycles. The predicted molar refractivity (Wildman–Crippen MR) is 76.9 cm³/mol. The highest BCUT2D eigenvalue weighted by Gasteiger charge is 2.17. The molecule has 1 heterocycles. The molecule has 2 rings (SSSR count). The van der Waals surface area contributed by atoms with Crippen LogP contribution in [0.5, 0.6) is 0 Å². The zero-order valence-corrected chi connectivity index (χ0v) is 11.7. The molecule has 0 saturated carbocycles. The molecule has 1 aromatic carbocycles. The largest absolute Gasteiger partial charge is 0.350 e. The highest BCUT2D eigenvalue weighted by molar-refractivity contribution is 7.15. The van der Waals surface area contributed by atoms with Crippen LogP contribution in [0, 0.1) is 0 Å². The highest BCUT2D eigenvalue weighted by Crippen LogP contribution is 2.13. The Kier molecular flexibility index (Phi) is 4.78. The molecule has 0 unspecified atom stereocenters. The van der Waals surface area contributed by atoms with Gasteiger partial charge < -0.3 is 10.6 Å². The summed E-state index contributed by atoms with van der Waals surface area (Å²) in [5, 5.41) is 13.2. The van der Waals surface area contributed by atoms with Gasteiger partial charge in [0, 0.05) is 12.2 Å². The Balaban J connectivity index is 2.01. The molecule has 0 fully saturated rings. The van der Waals surface area contributed by atoms with E-state index in [1.807, 2.05) is 25.1 Å². The van der Waals surface area contributed by atoms with Crippen LogP contribution in [0.2, 0.25) is 0 Å². The van der Waals surface area contributed by atoms with Crippen LogP contribution in [-0.2, 0) is 0 Å². The summed E-state index contributed by atoms with van der Waals surface area (Å²) < 4.78 is 0. The number of hydrogen-bond donors (Lipinski definition) is 2. The summed E-state index contributed by atoms with van der Waals surface area (Å²) in [6.07, 6.45) is 0.839. The second-order valence-electron chi connectivity index (χ2n) is 3.99. The van der Waals surface area contributed by atoms with E-state index in [9.17, 15) is 9.59 Å². The number of benzene rings is 1. The van der Waals surface area contributed by atoms with Gasteiger partial charge in [0.1, 0.15) is 0 Å². The van der Waals surface area contributed by atoms with Gasteiger partial charge in [-0.25, -0.2) is 0 Å². The lowest BCUT2D eigenvalue weighted by atomic mass is 10.3. The number of carbonyl (C=O) groups excluding carboxylic acids is 2. The van der Waals surface area contributed by atoms with Gasteiger partial charge in [-0.2, -0.15) is 0 Å². The van der Waals surface area contributed by atoms with Gasteiger partial charge in [-0.1, -0.05) is 36.5 Å². The molecule has 0 radical (unpaired) electrons. The van der Waals surface area contributed by atoms with E-state index in [1.165, 1.54) is 0 Å². The third kappa shape index (κ3) is 3.61. The Labute approximate surface area is 120 Å². The van der Waals surface area contributed by atoms with Crippen LogP contribution < -0.4 is 10.6 Å². The van der Waals surface area contributed by atoms with E-state index in [0.29, 0.717) is 12.2 Å². The summed E-state index contributed by atoms with van der Waals surface area (Å²) in [5.74, 6) is -0.675. The van der Waals surface area contributed by atoms with Crippen LogP contribution in [0.1, 0.15) is 32.9 Å². The third-order valence-corrected chi connectivity index (χ3v) is 3.30. The molecule has 104 valence electrons. The number of aromatic nitrogens is 2. The second kappa shape index (κ2) is 6.76. The van der Waals surface area contributed by atoms with E-state index < -0.39 is 0 Å². The average molecular weight is 290 g/mol. The molecule has 0 aliphatic heterocycles. The first-order valence-corrected chi connectivity index (χ1v) is 7.00. The smallest absolute Gasteiger partial charge is 0.286 e. The normalized spacial score (nSPS) is 10.1. The molecule has 2 amide bonds. The first kappa shape index (κ1) is 14.1. The quantitative estimate of drug-likeness (QED) is 0.881. The summed E-state index contributed by atoms with van der Waals surface area (Å²) in [5.41, 5.74) is 0.671. The second-order valence-corrected chi connectivity index (χ2v) is 4.97. The molecule has 0 aliphatic rings. The number of amides is 2. The van der Waals surface area contributed by atoms with Crippen molar-refractivity contribution in [3.05, 3.63) is 40.3 Å². The van der Waals surface area contributed by atoms with Crippen molar-refractivity contribution in [1.29, 1.82) is 0 Å². The summed E-state index contributed by atoms with van der Waals surface area (Å²) in [4.78, 5) is 23.6. The maximum absolute atomic E-state index is 11.9. The van der Waals surface area contributed by atoms with Crippen molar-refractivity contribution in [2.24, 2.45) is 0 Å². The molecule has 2 N–H and O–H groups in total. The van der Waals surface area contributed by atoms with Crippen molar-refractivity contribution >= 4 is 28.8 Å². The molecular formula is C13H14N4O2S. The van der Waals surface area contributed by atoms with Crippen molar-refractivity contribution in [1.82, 2.24) is 15.5 Å². The fraction of sp³-hybridized carbons (Fsp3) is 0.231. The lowest BCUT2D eigenvalue weighted by molar-refractivity contribution is 0.0951. The highest BCUT2D eigenvalue weighted by atomic mass is 32.1. The van der Waals surface area contributed by atoms with Crippen LogP contribution >= 0.6 is 11.3 Å². The van der Waals surface area contributed by atoms with Crippen molar-refractivity contribution in [3.63, 3.8) is 0 Å².